The number of amides is 1. The first-order valence-corrected chi connectivity index (χ1v) is 5.86. The van der Waals surface area contributed by atoms with Gasteiger partial charge in [0, 0.05) is 11.6 Å². The molecule has 0 fully saturated rings. The number of nitrogens with two attached hydrogens (primary N) is 1. The highest BCUT2D eigenvalue weighted by atomic mass is 19.1. The van der Waals surface area contributed by atoms with Crippen molar-refractivity contribution in [2.45, 2.75) is 6.54 Å². The summed E-state index contributed by atoms with van der Waals surface area (Å²) in [6.07, 6.45) is 1.41. The predicted octanol–water partition coefficient (Wildman–Crippen LogP) is 1.05. The topological polar surface area (TPSA) is 81.2 Å². The average molecular weight is 273 g/mol. The van der Waals surface area contributed by atoms with E-state index in [1.54, 1.807) is 6.07 Å². The molecule has 2 rings (SSSR count). The highest BCUT2D eigenvalue weighted by molar-refractivity contribution is 5.94. The van der Waals surface area contributed by atoms with Crippen LogP contribution in [0.2, 0.25) is 0 Å². The molecule has 6 heteroatoms. The van der Waals surface area contributed by atoms with Crippen LogP contribution in [0.25, 0.3) is 0 Å². The second kappa shape index (κ2) is 6.50. The van der Waals surface area contributed by atoms with Crippen molar-refractivity contribution in [1.82, 2.24) is 10.5 Å². The van der Waals surface area contributed by atoms with Gasteiger partial charge in [0.1, 0.15) is 17.8 Å². The standard InChI is InChI=1S/C14H12FN3O2/c15-13-8-11(4-3-10(13)2-1-6-16)14(19)17-9-12-5-7-20-18-12/h3-5,7-8H,6,9,16H2,(H,17,19). The van der Waals surface area contributed by atoms with Crippen molar-refractivity contribution in [3.63, 3.8) is 0 Å². The summed E-state index contributed by atoms with van der Waals surface area (Å²) in [5.74, 6) is 4.19. The number of halogens is 1. The number of aromatic nitrogens is 1. The average Bonchev–Trinajstić information content (AvgIpc) is 2.96. The van der Waals surface area contributed by atoms with Gasteiger partial charge in [-0.15, -0.1) is 0 Å². The molecule has 2 aromatic rings. The van der Waals surface area contributed by atoms with Crippen LogP contribution in [0.5, 0.6) is 0 Å². The van der Waals surface area contributed by atoms with E-state index in [1.165, 1.54) is 18.4 Å². The summed E-state index contributed by atoms with van der Waals surface area (Å²) in [5.41, 5.74) is 6.23. The van der Waals surface area contributed by atoms with Crippen LogP contribution in [0, 0.1) is 17.7 Å². The summed E-state index contributed by atoms with van der Waals surface area (Å²) in [4.78, 5) is 11.8. The summed E-state index contributed by atoms with van der Waals surface area (Å²) < 4.78 is 18.3. The maximum atomic E-state index is 13.7. The quantitative estimate of drug-likeness (QED) is 0.819. The lowest BCUT2D eigenvalue weighted by atomic mass is 10.1. The van der Waals surface area contributed by atoms with Gasteiger partial charge in [-0.25, -0.2) is 4.39 Å². The van der Waals surface area contributed by atoms with Crippen molar-refractivity contribution in [1.29, 1.82) is 0 Å². The summed E-state index contributed by atoms with van der Waals surface area (Å²) >= 11 is 0. The Balaban J connectivity index is 2.05. The van der Waals surface area contributed by atoms with Crippen molar-refractivity contribution < 1.29 is 13.7 Å². The van der Waals surface area contributed by atoms with E-state index in [9.17, 15) is 9.18 Å². The highest BCUT2D eigenvalue weighted by Crippen LogP contribution is 2.09. The summed E-state index contributed by atoms with van der Waals surface area (Å²) in [6, 6.07) is 5.72. The van der Waals surface area contributed by atoms with Crippen molar-refractivity contribution in [2.24, 2.45) is 5.73 Å². The molecule has 0 saturated carbocycles. The maximum Gasteiger partial charge on any atom is 0.251 e. The molecule has 0 bridgehead atoms. The Kier molecular flexibility index (Phi) is 4.47. The van der Waals surface area contributed by atoms with Crippen molar-refractivity contribution >= 4 is 5.91 Å². The van der Waals surface area contributed by atoms with E-state index in [4.69, 9.17) is 5.73 Å². The molecule has 0 radical (unpaired) electrons. The number of carbonyl (C=O) groups is 1. The molecule has 1 heterocycles. The molecule has 0 aliphatic heterocycles. The molecule has 1 aromatic carbocycles. The number of nitrogens with zero attached hydrogens (tertiary/aromatic N) is 1. The van der Waals surface area contributed by atoms with Gasteiger partial charge in [-0.05, 0) is 18.2 Å². The second-order valence-electron chi connectivity index (χ2n) is 3.87. The van der Waals surface area contributed by atoms with Crippen LogP contribution < -0.4 is 11.1 Å². The third-order valence-electron chi connectivity index (χ3n) is 2.48. The van der Waals surface area contributed by atoms with Gasteiger partial charge < -0.3 is 15.6 Å². The molecule has 3 N–H and O–H groups in total. The first-order chi connectivity index (χ1) is 9.70. The monoisotopic (exact) mass is 273 g/mol. The molecule has 0 aliphatic rings. The van der Waals surface area contributed by atoms with Gasteiger partial charge >= 0.3 is 0 Å². The molecule has 1 amide bonds. The Bertz CT molecular complexity index is 657. The molecule has 0 atom stereocenters. The van der Waals surface area contributed by atoms with E-state index in [2.05, 4.69) is 26.8 Å². The van der Waals surface area contributed by atoms with Gasteiger partial charge in [-0.1, -0.05) is 17.0 Å². The van der Waals surface area contributed by atoms with Crippen LogP contribution >= 0.6 is 0 Å². The molecule has 102 valence electrons. The van der Waals surface area contributed by atoms with E-state index in [-0.39, 0.29) is 24.2 Å². The Labute approximate surface area is 114 Å². The highest BCUT2D eigenvalue weighted by Gasteiger charge is 2.09. The van der Waals surface area contributed by atoms with E-state index in [1.807, 2.05) is 0 Å². The van der Waals surface area contributed by atoms with E-state index < -0.39 is 11.7 Å². The fraction of sp³-hybridized carbons (Fsp3) is 0.143. The minimum Gasteiger partial charge on any atom is -0.364 e. The third-order valence-corrected chi connectivity index (χ3v) is 2.48. The van der Waals surface area contributed by atoms with Gasteiger partial charge in [0.15, 0.2) is 0 Å². The fourth-order valence-corrected chi connectivity index (χ4v) is 1.51. The first kappa shape index (κ1) is 13.8. The number of hydrogen-bond acceptors (Lipinski definition) is 4. The molecule has 5 nitrogen and oxygen atoms in total. The van der Waals surface area contributed by atoms with Crippen LogP contribution in [0.15, 0.2) is 35.1 Å². The van der Waals surface area contributed by atoms with Gasteiger partial charge in [-0.3, -0.25) is 4.79 Å². The van der Waals surface area contributed by atoms with E-state index >= 15 is 0 Å². The Morgan fingerprint density at radius 3 is 2.95 bits per heavy atom. The SMILES string of the molecule is NCC#Cc1ccc(C(=O)NCc2ccon2)cc1F. The maximum absolute atomic E-state index is 13.7. The minimum atomic E-state index is -0.556. The van der Waals surface area contributed by atoms with E-state index in [0.717, 1.165) is 6.07 Å². The lowest BCUT2D eigenvalue weighted by molar-refractivity contribution is 0.0949. The number of nitrogens with one attached hydrogen (secondary N) is 1. The van der Waals surface area contributed by atoms with Gasteiger partial charge in [-0.2, -0.15) is 0 Å². The van der Waals surface area contributed by atoms with Crippen LogP contribution in [-0.2, 0) is 6.54 Å². The number of benzene rings is 1. The molecule has 0 unspecified atom stereocenters. The number of rotatable bonds is 3. The lowest BCUT2D eigenvalue weighted by Gasteiger charge is -2.04. The molecule has 1 aromatic heterocycles. The van der Waals surface area contributed by atoms with Gasteiger partial charge in [0.05, 0.1) is 18.7 Å². The number of hydrogen-bond donors (Lipinski definition) is 2. The lowest BCUT2D eigenvalue weighted by Crippen LogP contribution is -2.23. The molecule has 0 spiro atoms. The predicted molar refractivity (Wildman–Crippen MR) is 70.0 cm³/mol. The minimum absolute atomic E-state index is 0.152. The smallest absolute Gasteiger partial charge is 0.251 e. The zero-order valence-corrected chi connectivity index (χ0v) is 10.5. The van der Waals surface area contributed by atoms with Crippen LogP contribution in [-0.4, -0.2) is 17.6 Å². The van der Waals surface area contributed by atoms with Crippen molar-refractivity contribution in [3.8, 4) is 11.8 Å². The van der Waals surface area contributed by atoms with Crippen molar-refractivity contribution in [2.75, 3.05) is 6.54 Å². The van der Waals surface area contributed by atoms with Crippen LogP contribution in [0.4, 0.5) is 4.39 Å². The third kappa shape index (κ3) is 3.43. The number of carbonyl (C=O) groups excluding carboxylic acids is 1. The van der Waals surface area contributed by atoms with Crippen LogP contribution in [0.1, 0.15) is 21.6 Å². The molecule has 20 heavy (non-hydrogen) atoms. The Morgan fingerprint density at radius 2 is 2.30 bits per heavy atom. The Hall–Kier alpha value is -2.65. The Morgan fingerprint density at radius 1 is 1.45 bits per heavy atom. The molecule has 0 saturated heterocycles. The fourth-order valence-electron chi connectivity index (χ4n) is 1.51. The molecular weight excluding hydrogens is 261 g/mol. The molecular formula is C14H12FN3O2. The van der Waals surface area contributed by atoms with Gasteiger partial charge in [0.2, 0.25) is 0 Å². The van der Waals surface area contributed by atoms with Crippen LogP contribution in [0.3, 0.4) is 0 Å². The summed E-state index contributed by atoms with van der Waals surface area (Å²) in [7, 11) is 0. The summed E-state index contributed by atoms with van der Waals surface area (Å²) in [6.45, 7) is 0.366. The summed E-state index contributed by atoms with van der Waals surface area (Å²) in [5, 5.41) is 6.26. The zero-order valence-electron chi connectivity index (χ0n) is 10.5. The van der Waals surface area contributed by atoms with E-state index in [0.29, 0.717) is 5.69 Å². The largest absolute Gasteiger partial charge is 0.364 e. The normalized spacial score (nSPS) is 9.70. The van der Waals surface area contributed by atoms with Crippen molar-refractivity contribution in [3.05, 3.63) is 53.2 Å². The first-order valence-electron chi connectivity index (χ1n) is 5.86. The molecule has 0 aliphatic carbocycles. The zero-order chi connectivity index (χ0) is 14.4. The van der Waals surface area contributed by atoms with Gasteiger partial charge in [0.25, 0.3) is 5.91 Å². The second-order valence-corrected chi connectivity index (χ2v) is 3.87.